The Hall–Kier alpha value is -1.35. The molecule has 0 amide bonds. The van der Waals surface area contributed by atoms with Gasteiger partial charge >= 0.3 is 11.9 Å². The summed E-state index contributed by atoms with van der Waals surface area (Å²) in [4.78, 5) is 18.2. The molecule has 0 aliphatic carbocycles. The second-order valence-electron chi connectivity index (χ2n) is 4.97. The van der Waals surface area contributed by atoms with Crippen LogP contribution >= 0.6 is 27.5 Å². The molecule has 7 nitrogen and oxygen atoms in total. The van der Waals surface area contributed by atoms with Gasteiger partial charge in [0.15, 0.2) is 5.75 Å². The Bertz CT molecular complexity index is 520. The van der Waals surface area contributed by atoms with E-state index in [2.05, 4.69) is 21.2 Å². The summed E-state index contributed by atoms with van der Waals surface area (Å²) < 4.78 is 11.6. The molecule has 1 rings (SSSR count). The molecule has 0 aliphatic heterocycles. The smallest absolute Gasteiger partial charge is 0.414 e. The standard InChI is InChI=1S/C14H21BrClNO2.C2H2O4/c1-11-9-12(15)14(13(16)10-11)19-8-4-6-17-5-3-7-18-2;3-1(4)2(5)6/h9-10,17H,3-8H2,1-2H3;(H,3,4)(H,5,6). The van der Waals surface area contributed by atoms with Gasteiger partial charge in [-0.1, -0.05) is 11.6 Å². The molecule has 9 heteroatoms. The van der Waals surface area contributed by atoms with Gasteiger partial charge in [0.05, 0.1) is 16.1 Å². The summed E-state index contributed by atoms with van der Waals surface area (Å²) in [5.41, 5.74) is 1.11. The van der Waals surface area contributed by atoms with Crippen molar-refractivity contribution in [3.63, 3.8) is 0 Å². The number of carboxylic acids is 2. The molecule has 0 radical (unpaired) electrons. The van der Waals surface area contributed by atoms with Crippen molar-refractivity contribution >= 4 is 39.5 Å². The molecule has 0 aromatic heterocycles. The predicted octanol–water partition coefficient (Wildman–Crippen LogP) is 2.96. The van der Waals surface area contributed by atoms with Crippen LogP contribution in [0.4, 0.5) is 0 Å². The number of hydrogen-bond donors (Lipinski definition) is 3. The Labute approximate surface area is 160 Å². The van der Waals surface area contributed by atoms with Gasteiger partial charge < -0.3 is 25.0 Å². The van der Waals surface area contributed by atoms with Gasteiger partial charge in [-0.2, -0.15) is 0 Å². The lowest BCUT2D eigenvalue weighted by Gasteiger charge is -2.11. The van der Waals surface area contributed by atoms with Crippen LogP contribution in [0.3, 0.4) is 0 Å². The van der Waals surface area contributed by atoms with E-state index in [1.807, 2.05) is 19.1 Å². The number of aliphatic carboxylic acids is 2. The minimum Gasteiger partial charge on any atom is -0.491 e. The van der Waals surface area contributed by atoms with Gasteiger partial charge in [-0.25, -0.2) is 9.59 Å². The number of halogens is 2. The maximum atomic E-state index is 9.10. The number of hydrogen-bond acceptors (Lipinski definition) is 5. The van der Waals surface area contributed by atoms with Crippen LogP contribution in [-0.2, 0) is 14.3 Å². The van der Waals surface area contributed by atoms with E-state index in [1.54, 1.807) is 7.11 Å². The van der Waals surface area contributed by atoms with Crippen LogP contribution in [0.15, 0.2) is 16.6 Å². The van der Waals surface area contributed by atoms with Crippen LogP contribution in [0, 0.1) is 6.92 Å². The maximum Gasteiger partial charge on any atom is 0.414 e. The number of aryl methyl sites for hydroxylation is 1. The van der Waals surface area contributed by atoms with Gasteiger partial charge in [0, 0.05) is 13.7 Å². The summed E-state index contributed by atoms with van der Waals surface area (Å²) in [5.74, 6) is -2.92. The molecule has 0 heterocycles. The van der Waals surface area contributed by atoms with Gasteiger partial charge in [0.25, 0.3) is 0 Å². The molecule has 0 bridgehead atoms. The van der Waals surface area contributed by atoms with Crippen molar-refractivity contribution in [3.8, 4) is 5.75 Å². The first-order valence-electron chi connectivity index (χ1n) is 7.53. The topological polar surface area (TPSA) is 105 Å². The van der Waals surface area contributed by atoms with Gasteiger partial charge in [-0.05, 0) is 66.5 Å². The third-order valence-corrected chi connectivity index (χ3v) is 3.64. The highest BCUT2D eigenvalue weighted by atomic mass is 79.9. The molecular formula is C16H23BrClNO6. The number of carbonyl (C=O) groups is 2. The van der Waals surface area contributed by atoms with Crippen LogP contribution in [0.2, 0.25) is 5.02 Å². The average molecular weight is 441 g/mol. The van der Waals surface area contributed by atoms with E-state index in [9.17, 15) is 0 Å². The van der Waals surface area contributed by atoms with Gasteiger partial charge in [-0.3, -0.25) is 0 Å². The van der Waals surface area contributed by atoms with Crippen LogP contribution in [0.1, 0.15) is 18.4 Å². The normalized spacial score (nSPS) is 9.92. The van der Waals surface area contributed by atoms with Crippen molar-refractivity contribution in [2.45, 2.75) is 19.8 Å². The molecule has 3 N–H and O–H groups in total. The Kier molecular flexibility index (Phi) is 13.1. The molecule has 0 atom stereocenters. The van der Waals surface area contributed by atoms with Crippen molar-refractivity contribution in [2.24, 2.45) is 0 Å². The lowest BCUT2D eigenvalue weighted by Crippen LogP contribution is -2.19. The zero-order valence-electron chi connectivity index (χ0n) is 14.2. The minimum absolute atomic E-state index is 0.651. The van der Waals surface area contributed by atoms with E-state index in [0.29, 0.717) is 11.6 Å². The summed E-state index contributed by atoms with van der Waals surface area (Å²) >= 11 is 9.62. The second kappa shape index (κ2) is 13.9. The summed E-state index contributed by atoms with van der Waals surface area (Å²) in [6.45, 7) is 5.37. The molecule has 0 saturated carbocycles. The van der Waals surface area contributed by atoms with E-state index >= 15 is 0 Å². The van der Waals surface area contributed by atoms with Crippen molar-refractivity contribution in [2.75, 3.05) is 33.4 Å². The number of ether oxygens (including phenoxy) is 2. The average Bonchev–Trinajstić information content (AvgIpc) is 2.52. The molecule has 0 spiro atoms. The minimum atomic E-state index is -1.82. The quantitative estimate of drug-likeness (QED) is 0.400. The number of nitrogens with one attached hydrogen (secondary N) is 1. The van der Waals surface area contributed by atoms with Crippen molar-refractivity contribution in [3.05, 3.63) is 27.2 Å². The fourth-order valence-electron chi connectivity index (χ4n) is 1.66. The SMILES string of the molecule is COCCCNCCCOc1c(Cl)cc(C)cc1Br.O=C(O)C(=O)O. The second-order valence-corrected chi connectivity index (χ2v) is 6.23. The Morgan fingerprint density at radius 1 is 1.16 bits per heavy atom. The zero-order valence-corrected chi connectivity index (χ0v) is 16.5. The van der Waals surface area contributed by atoms with Gasteiger partial charge in [-0.15, -0.1) is 0 Å². The highest BCUT2D eigenvalue weighted by molar-refractivity contribution is 9.10. The van der Waals surface area contributed by atoms with E-state index in [0.717, 1.165) is 48.3 Å². The first-order chi connectivity index (χ1) is 11.8. The zero-order chi connectivity index (χ0) is 19.2. The molecule has 0 fully saturated rings. The molecule has 0 saturated heterocycles. The molecule has 0 unspecified atom stereocenters. The van der Waals surface area contributed by atoms with Gasteiger partial charge in [0.2, 0.25) is 0 Å². The van der Waals surface area contributed by atoms with Crippen molar-refractivity contribution in [1.82, 2.24) is 5.32 Å². The highest BCUT2D eigenvalue weighted by Crippen LogP contribution is 2.34. The van der Waals surface area contributed by atoms with Crippen LogP contribution < -0.4 is 10.1 Å². The molecule has 142 valence electrons. The molecular weight excluding hydrogens is 418 g/mol. The first kappa shape index (κ1) is 23.6. The van der Waals surface area contributed by atoms with Crippen molar-refractivity contribution in [1.29, 1.82) is 0 Å². The Morgan fingerprint density at radius 3 is 2.20 bits per heavy atom. The van der Waals surface area contributed by atoms with E-state index in [-0.39, 0.29) is 0 Å². The summed E-state index contributed by atoms with van der Waals surface area (Å²) in [7, 11) is 1.72. The summed E-state index contributed by atoms with van der Waals surface area (Å²) in [6.07, 6.45) is 1.98. The maximum absolute atomic E-state index is 9.10. The fourth-order valence-corrected chi connectivity index (χ4v) is 2.79. The number of methoxy groups -OCH3 is 1. The Balaban J connectivity index is 0.000000823. The molecule has 1 aromatic carbocycles. The monoisotopic (exact) mass is 439 g/mol. The lowest BCUT2D eigenvalue weighted by atomic mass is 10.2. The molecule has 25 heavy (non-hydrogen) atoms. The van der Waals surface area contributed by atoms with Crippen molar-refractivity contribution < 1.29 is 29.3 Å². The third kappa shape index (κ3) is 11.8. The van der Waals surface area contributed by atoms with Gasteiger partial charge in [0.1, 0.15) is 0 Å². The third-order valence-electron chi connectivity index (χ3n) is 2.77. The number of benzene rings is 1. The number of rotatable bonds is 9. The summed E-state index contributed by atoms with van der Waals surface area (Å²) in [6, 6.07) is 3.91. The number of carboxylic acid groups (broad SMARTS) is 2. The lowest BCUT2D eigenvalue weighted by molar-refractivity contribution is -0.159. The van der Waals surface area contributed by atoms with E-state index in [4.69, 9.17) is 40.9 Å². The largest absolute Gasteiger partial charge is 0.491 e. The Morgan fingerprint density at radius 2 is 1.72 bits per heavy atom. The fraction of sp³-hybridized carbons (Fsp3) is 0.500. The van der Waals surface area contributed by atoms with E-state index < -0.39 is 11.9 Å². The first-order valence-corrected chi connectivity index (χ1v) is 8.71. The van der Waals surface area contributed by atoms with Crippen LogP contribution in [-0.4, -0.2) is 55.6 Å². The van der Waals surface area contributed by atoms with E-state index in [1.165, 1.54) is 0 Å². The predicted molar refractivity (Wildman–Crippen MR) is 98.6 cm³/mol. The van der Waals surface area contributed by atoms with Crippen LogP contribution in [0.5, 0.6) is 5.75 Å². The van der Waals surface area contributed by atoms with Crippen LogP contribution in [0.25, 0.3) is 0 Å². The molecule has 1 aromatic rings. The summed E-state index contributed by atoms with van der Waals surface area (Å²) in [5, 5.41) is 18.8. The molecule has 0 aliphatic rings. The highest BCUT2D eigenvalue weighted by Gasteiger charge is 2.07.